The van der Waals surface area contributed by atoms with E-state index in [0.717, 1.165) is 60.1 Å². The molecule has 1 aromatic carbocycles. The van der Waals surface area contributed by atoms with Crippen LogP contribution in [0.15, 0.2) is 34.5 Å². The zero-order valence-electron chi connectivity index (χ0n) is 17.5. The van der Waals surface area contributed by atoms with Crippen molar-refractivity contribution in [1.29, 1.82) is 0 Å². The van der Waals surface area contributed by atoms with Gasteiger partial charge < -0.3 is 4.57 Å². The van der Waals surface area contributed by atoms with Gasteiger partial charge in [0.25, 0.3) is 0 Å². The summed E-state index contributed by atoms with van der Waals surface area (Å²) in [5.74, 6) is 2.08. The van der Waals surface area contributed by atoms with Crippen LogP contribution in [0.4, 0.5) is 0 Å². The molecule has 9 heteroatoms. The average Bonchev–Trinajstić information content (AvgIpc) is 3.35. The molecule has 0 N–H and O–H groups in total. The second kappa shape index (κ2) is 8.80. The molecule has 3 aromatic rings. The first-order valence-corrected chi connectivity index (χ1v) is 13.4. The van der Waals surface area contributed by atoms with Crippen LogP contribution in [0.3, 0.4) is 0 Å². The van der Waals surface area contributed by atoms with Crippen LogP contribution in [0.1, 0.15) is 55.2 Å². The summed E-state index contributed by atoms with van der Waals surface area (Å²) in [5, 5.41) is 11.8. The first kappa shape index (κ1) is 20.8. The number of piperidine rings is 1. The SMILES string of the molecule is O=S(=O)(c1ccc(-c2csc(Cc3nnc4n3CCCCC4)n2)cc1)N1CCCCC1. The maximum atomic E-state index is 12.9. The van der Waals surface area contributed by atoms with Gasteiger partial charge in [0.1, 0.15) is 16.7 Å². The average molecular weight is 458 g/mol. The summed E-state index contributed by atoms with van der Waals surface area (Å²) in [6.07, 6.45) is 8.27. The molecule has 164 valence electrons. The molecule has 2 aliphatic rings. The molecule has 0 bridgehead atoms. The molecule has 7 nitrogen and oxygen atoms in total. The van der Waals surface area contributed by atoms with Crippen molar-refractivity contribution in [2.24, 2.45) is 0 Å². The first-order chi connectivity index (χ1) is 15.1. The third-order valence-electron chi connectivity index (χ3n) is 6.15. The number of thiazole rings is 1. The van der Waals surface area contributed by atoms with Crippen LogP contribution < -0.4 is 0 Å². The minimum absolute atomic E-state index is 0.361. The van der Waals surface area contributed by atoms with Crippen molar-refractivity contribution in [3.8, 4) is 11.3 Å². The Hall–Kier alpha value is -2.10. The lowest BCUT2D eigenvalue weighted by molar-refractivity contribution is 0.346. The second-order valence-electron chi connectivity index (χ2n) is 8.29. The quantitative estimate of drug-likeness (QED) is 0.581. The van der Waals surface area contributed by atoms with E-state index in [0.29, 0.717) is 24.4 Å². The highest BCUT2D eigenvalue weighted by Crippen LogP contribution is 2.27. The fourth-order valence-electron chi connectivity index (χ4n) is 4.39. The number of nitrogens with zero attached hydrogens (tertiary/aromatic N) is 5. The van der Waals surface area contributed by atoms with E-state index in [1.54, 1.807) is 27.8 Å². The van der Waals surface area contributed by atoms with E-state index in [2.05, 4.69) is 14.8 Å². The summed E-state index contributed by atoms with van der Waals surface area (Å²) in [4.78, 5) is 5.15. The number of aryl methyl sites for hydroxylation is 1. The number of hydrogen-bond acceptors (Lipinski definition) is 6. The Balaban J connectivity index is 1.32. The number of fused-ring (bicyclic) bond motifs is 1. The Kier molecular flexibility index (Phi) is 5.90. The van der Waals surface area contributed by atoms with Crippen molar-refractivity contribution in [3.63, 3.8) is 0 Å². The second-order valence-corrected chi connectivity index (χ2v) is 11.2. The Morgan fingerprint density at radius 3 is 2.45 bits per heavy atom. The summed E-state index contributed by atoms with van der Waals surface area (Å²) >= 11 is 1.61. The zero-order chi connectivity index (χ0) is 21.3. The molecule has 0 unspecified atom stereocenters. The van der Waals surface area contributed by atoms with Crippen LogP contribution in [0.2, 0.25) is 0 Å². The number of hydrogen-bond donors (Lipinski definition) is 0. The van der Waals surface area contributed by atoms with Gasteiger partial charge in [-0.3, -0.25) is 0 Å². The molecule has 0 atom stereocenters. The standard InChI is InChI=1S/C22H27N5O2S2/c28-31(29,26-12-4-2-5-13-26)18-10-8-17(9-11-18)19-16-30-22(23-19)15-21-25-24-20-7-3-1-6-14-27(20)21/h8-11,16H,1-7,12-15H2. The van der Waals surface area contributed by atoms with Crippen molar-refractivity contribution >= 4 is 21.4 Å². The molecule has 0 aliphatic carbocycles. The lowest BCUT2D eigenvalue weighted by Crippen LogP contribution is -2.35. The van der Waals surface area contributed by atoms with E-state index in [9.17, 15) is 8.42 Å². The van der Waals surface area contributed by atoms with Crippen molar-refractivity contribution in [2.75, 3.05) is 13.1 Å². The largest absolute Gasteiger partial charge is 0.315 e. The highest BCUT2D eigenvalue weighted by molar-refractivity contribution is 7.89. The van der Waals surface area contributed by atoms with Crippen LogP contribution in [-0.4, -0.2) is 45.6 Å². The van der Waals surface area contributed by atoms with Crippen LogP contribution in [0.5, 0.6) is 0 Å². The third kappa shape index (κ3) is 4.31. The molecule has 31 heavy (non-hydrogen) atoms. The monoisotopic (exact) mass is 457 g/mol. The molecule has 2 aromatic heterocycles. The number of benzene rings is 1. The van der Waals surface area contributed by atoms with Gasteiger partial charge >= 0.3 is 0 Å². The van der Waals surface area contributed by atoms with Gasteiger partial charge in [-0.15, -0.1) is 21.5 Å². The zero-order valence-corrected chi connectivity index (χ0v) is 19.2. The lowest BCUT2D eigenvalue weighted by Gasteiger charge is -2.25. The van der Waals surface area contributed by atoms with Crippen molar-refractivity contribution in [1.82, 2.24) is 24.1 Å². The van der Waals surface area contributed by atoms with E-state index in [1.807, 2.05) is 17.5 Å². The van der Waals surface area contributed by atoms with Gasteiger partial charge in [-0.1, -0.05) is 25.0 Å². The van der Waals surface area contributed by atoms with Gasteiger partial charge in [-0.25, -0.2) is 13.4 Å². The Bertz CT molecular complexity index is 1150. The maximum absolute atomic E-state index is 12.9. The van der Waals surface area contributed by atoms with Gasteiger partial charge in [0.15, 0.2) is 0 Å². The molecule has 0 saturated carbocycles. The van der Waals surface area contributed by atoms with E-state index in [-0.39, 0.29) is 0 Å². The molecule has 0 spiro atoms. The summed E-state index contributed by atoms with van der Waals surface area (Å²) in [5.41, 5.74) is 1.80. The molecular formula is C22H27N5O2S2. The highest BCUT2D eigenvalue weighted by atomic mass is 32.2. The van der Waals surface area contributed by atoms with Gasteiger partial charge in [0.05, 0.1) is 17.0 Å². The Morgan fingerprint density at radius 2 is 1.65 bits per heavy atom. The number of rotatable bonds is 5. The van der Waals surface area contributed by atoms with E-state index in [4.69, 9.17) is 4.98 Å². The molecule has 5 rings (SSSR count). The van der Waals surface area contributed by atoms with Gasteiger partial charge in [-0.2, -0.15) is 4.31 Å². The Labute approximate surface area is 187 Å². The molecule has 1 fully saturated rings. The topological polar surface area (TPSA) is 81.0 Å². The van der Waals surface area contributed by atoms with E-state index >= 15 is 0 Å². The molecule has 0 radical (unpaired) electrons. The summed E-state index contributed by atoms with van der Waals surface area (Å²) < 4.78 is 29.6. The normalized spacial score (nSPS) is 17.9. The molecule has 2 aliphatic heterocycles. The van der Waals surface area contributed by atoms with E-state index in [1.165, 1.54) is 19.3 Å². The summed E-state index contributed by atoms with van der Waals surface area (Å²) in [6, 6.07) is 7.13. The predicted molar refractivity (Wildman–Crippen MR) is 121 cm³/mol. The highest BCUT2D eigenvalue weighted by Gasteiger charge is 2.25. The smallest absolute Gasteiger partial charge is 0.243 e. The minimum Gasteiger partial charge on any atom is -0.315 e. The van der Waals surface area contributed by atoms with Crippen LogP contribution in [0.25, 0.3) is 11.3 Å². The fourth-order valence-corrected chi connectivity index (χ4v) is 6.70. The van der Waals surface area contributed by atoms with Crippen molar-refractivity contribution in [2.45, 2.75) is 62.8 Å². The van der Waals surface area contributed by atoms with Crippen LogP contribution in [0, 0.1) is 0 Å². The first-order valence-electron chi connectivity index (χ1n) is 11.1. The number of aromatic nitrogens is 4. The lowest BCUT2D eigenvalue weighted by atomic mass is 10.2. The predicted octanol–water partition coefficient (Wildman–Crippen LogP) is 3.89. The molecule has 1 saturated heterocycles. The Morgan fingerprint density at radius 1 is 0.903 bits per heavy atom. The summed E-state index contributed by atoms with van der Waals surface area (Å²) in [7, 11) is -3.40. The van der Waals surface area contributed by atoms with E-state index < -0.39 is 10.0 Å². The van der Waals surface area contributed by atoms with Gasteiger partial charge in [0.2, 0.25) is 10.0 Å². The maximum Gasteiger partial charge on any atom is 0.243 e. The number of sulfonamides is 1. The van der Waals surface area contributed by atoms with Crippen molar-refractivity contribution < 1.29 is 8.42 Å². The minimum atomic E-state index is -3.40. The van der Waals surface area contributed by atoms with Gasteiger partial charge in [-0.05, 0) is 37.8 Å². The molecule has 4 heterocycles. The fraction of sp³-hybridized carbons (Fsp3) is 0.500. The summed E-state index contributed by atoms with van der Waals surface area (Å²) in [6.45, 7) is 2.22. The third-order valence-corrected chi connectivity index (χ3v) is 8.91. The van der Waals surface area contributed by atoms with Crippen LogP contribution >= 0.6 is 11.3 Å². The van der Waals surface area contributed by atoms with Gasteiger partial charge in [0, 0.05) is 37.0 Å². The van der Waals surface area contributed by atoms with Crippen LogP contribution in [-0.2, 0) is 29.4 Å². The van der Waals surface area contributed by atoms with Crippen molar-refractivity contribution in [3.05, 3.63) is 46.3 Å². The molecule has 0 amide bonds. The molecular weight excluding hydrogens is 430 g/mol.